The molecule has 1 aromatic heterocycles. The fraction of sp³-hybridized carbons (Fsp3) is 0.0833. The van der Waals surface area contributed by atoms with E-state index in [9.17, 15) is 15.0 Å². The highest BCUT2D eigenvalue weighted by Crippen LogP contribution is 2.27. The molecular weight excluding hydrogens is 380 g/mol. The number of fused-ring (bicyclic) bond motifs is 1. The minimum atomic E-state index is -0.332. The van der Waals surface area contributed by atoms with Gasteiger partial charge in [-0.1, -0.05) is 24.3 Å². The second-order valence-electron chi connectivity index (χ2n) is 6.63. The van der Waals surface area contributed by atoms with Crippen molar-refractivity contribution in [3.05, 3.63) is 88.7 Å². The lowest BCUT2D eigenvalue weighted by Crippen LogP contribution is -2.20. The molecular formula is C24H20N2O4. The molecule has 0 radical (unpaired) electrons. The summed E-state index contributed by atoms with van der Waals surface area (Å²) in [5, 5.41) is 21.7. The van der Waals surface area contributed by atoms with Gasteiger partial charge in [-0.15, -0.1) is 0 Å². The van der Waals surface area contributed by atoms with E-state index >= 15 is 0 Å². The Labute approximate surface area is 173 Å². The van der Waals surface area contributed by atoms with Gasteiger partial charge in [0, 0.05) is 23.1 Å². The summed E-state index contributed by atoms with van der Waals surface area (Å²) in [6.07, 6.45) is 1.50. The Balaban J connectivity index is 1.91. The number of ether oxygens (including phenoxy) is 1. The van der Waals surface area contributed by atoms with E-state index in [1.165, 1.54) is 16.8 Å². The number of pyridine rings is 1. The zero-order valence-corrected chi connectivity index (χ0v) is 16.3. The van der Waals surface area contributed by atoms with E-state index in [0.29, 0.717) is 40.1 Å². The van der Waals surface area contributed by atoms with Crippen LogP contribution in [0.25, 0.3) is 16.5 Å². The zero-order valence-electron chi connectivity index (χ0n) is 16.3. The zero-order chi connectivity index (χ0) is 21.1. The van der Waals surface area contributed by atoms with E-state index < -0.39 is 0 Å². The van der Waals surface area contributed by atoms with E-state index in [1.54, 1.807) is 66.7 Å². The van der Waals surface area contributed by atoms with E-state index in [0.717, 1.165) is 0 Å². The van der Waals surface area contributed by atoms with Gasteiger partial charge in [0.1, 0.15) is 11.5 Å². The molecule has 0 spiro atoms. The van der Waals surface area contributed by atoms with Gasteiger partial charge in [-0.3, -0.25) is 9.79 Å². The van der Waals surface area contributed by atoms with Gasteiger partial charge in [0.15, 0.2) is 0 Å². The lowest BCUT2D eigenvalue weighted by atomic mass is 10.1. The number of aromatic nitrogens is 1. The lowest BCUT2D eigenvalue weighted by molar-refractivity contribution is 0.340. The first kappa shape index (κ1) is 19.3. The lowest BCUT2D eigenvalue weighted by Gasteiger charge is -2.14. The molecule has 0 unspecified atom stereocenters. The average Bonchev–Trinajstić information content (AvgIpc) is 2.75. The molecule has 0 bridgehead atoms. The normalized spacial score (nSPS) is 11.2. The summed E-state index contributed by atoms with van der Waals surface area (Å²) in [5.41, 5.74) is 1.11. The summed E-state index contributed by atoms with van der Waals surface area (Å²) < 4.78 is 6.71. The highest BCUT2D eigenvalue weighted by molar-refractivity contribution is 6.02. The molecule has 0 amide bonds. The summed E-state index contributed by atoms with van der Waals surface area (Å²) in [6, 6.07) is 20.5. The molecule has 4 rings (SSSR count). The fourth-order valence-electron chi connectivity index (χ4n) is 3.30. The van der Waals surface area contributed by atoms with Crippen LogP contribution < -0.4 is 10.3 Å². The molecule has 30 heavy (non-hydrogen) atoms. The van der Waals surface area contributed by atoms with E-state index in [2.05, 4.69) is 4.99 Å². The van der Waals surface area contributed by atoms with Crippen LogP contribution in [0.4, 0.5) is 5.69 Å². The summed E-state index contributed by atoms with van der Waals surface area (Å²) in [7, 11) is 0. The quantitative estimate of drug-likeness (QED) is 0.481. The number of phenolic OH excluding ortho intramolecular Hbond substituents is 1. The Hall–Kier alpha value is -4.06. The van der Waals surface area contributed by atoms with Gasteiger partial charge in [-0.2, -0.15) is 0 Å². The van der Waals surface area contributed by atoms with Crippen LogP contribution in [0.15, 0.2) is 82.6 Å². The third-order valence-corrected chi connectivity index (χ3v) is 4.68. The van der Waals surface area contributed by atoms with Crippen molar-refractivity contribution in [1.29, 1.82) is 0 Å². The van der Waals surface area contributed by atoms with Crippen LogP contribution in [0.5, 0.6) is 17.4 Å². The molecule has 6 nitrogen and oxygen atoms in total. The number of hydrogen-bond donors (Lipinski definition) is 2. The molecule has 3 aromatic carbocycles. The number of nitrogens with zero attached hydrogens (tertiary/aromatic N) is 2. The van der Waals surface area contributed by atoms with E-state index in [-0.39, 0.29) is 17.2 Å². The molecule has 0 atom stereocenters. The van der Waals surface area contributed by atoms with Crippen molar-refractivity contribution in [2.75, 3.05) is 6.61 Å². The van der Waals surface area contributed by atoms with Gasteiger partial charge in [0.2, 0.25) is 5.88 Å². The second kappa shape index (κ2) is 8.13. The van der Waals surface area contributed by atoms with E-state index in [1.807, 2.05) is 6.92 Å². The first-order chi connectivity index (χ1) is 14.6. The number of phenols is 1. The van der Waals surface area contributed by atoms with Gasteiger partial charge >= 0.3 is 0 Å². The first-order valence-corrected chi connectivity index (χ1v) is 9.51. The van der Waals surface area contributed by atoms with Crippen LogP contribution in [0.2, 0.25) is 0 Å². The number of rotatable bonds is 5. The second-order valence-corrected chi connectivity index (χ2v) is 6.63. The smallest absolute Gasteiger partial charge is 0.265 e. The maximum absolute atomic E-state index is 13.1. The molecule has 4 aromatic rings. The van der Waals surface area contributed by atoms with Crippen LogP contribution >= 0.6 is 0 Å². The predicted octanol–water partition coefficient (Wildman–Crippen LogP) is 4.55. The van der Waals surface area contributed by atoms with Crippen LogP contribution in [-0.2, 0) is 0 Å². The Morgan fingerprint density at radius 2 is 1.70 bits per heavy atom. The van der Waals surface area contributed by atoms with Crippen molar-refractivity contribution in [2.45, 2.75) is 6.92 Å². The minimum absolute atomic E-state index is 0.0955. The van der Waals surface area contributed by atoms with Gasteiger partial charge in [0.05, 0.1) is 23.5 Å². The summed E-state index contributed by atoms with van der Waals surface area (Å²) in [4.78, 5) is 17.5. The topological polar surface area (TPSA) is 84.1 Å². The largest absolute Gasteiger partial charge is 0.508 e. The van der Waals surface area contributed by atoms with Crippen molar-refractivity contribution in [2.24, 2.45) is 4.99 Å². The Morgan fingerprint density at radius 3 is 2.40 bits per heavy atom. The number of hydrogen-bond acceptors (Lipinski definition) is 5. The minimum Gasteiger partial charge on any atom is -0.508 e. The number of aliphatic imine (C=N–C) groups is 1. The summed E-state index contributed by atoms with van der Waals surface area (Å²) in [5.74, 6) is 0.560. The number of benzene rings is 3. The third kappa shape index (κ3) is 3.63. The van der Waals surface area contributed by atoms with Gasteiger partial charge in [-0.25, -0.2) is 4.57 Å². The molecule has 6 heteroatoms. The molecule has 0 fully saturated rings. The standard InChI is InChI=1S/C24H20N2O4/c1-2-30-19-12-10-17(11-13-19)26-23(28)21-9-4-3-8-20(21)22(24(26)29)15-25-16-6-5-7-18(27)14-16/h3-15,27,29H,2H2,1H3. The predicted molar refractivity (Wildman–Crippen MR) is 118 cm³/mol. The van der Waals surface area contributed by atoms with Crippen LogP contribution in [0, 0.1) is 0 Å². The van der Waals surface area contributed by atoms with Crippen molar-refractivity contribution in [3.63, 3.8) is 0 Å². The van der Waals surface area contributed by atoms with Crippen molar-refractivity contribution in [1.82, 2.24) is 4.57 Å². The highest BCUT2D eigenvalue weighted by atomic mass is 16.5. The Kier molecular flexibility index (Phi) is 5.22. The average molecular weight is 400 g/mol. The summed E-state index contributed by atoms with van der Waals surface area (Å²) in [6.45, 7) is 2.43. The molecule has 1 heterocycles. The maximum atomic E-state index is 13.1. The maximum Gasteiger partial charge on any atom is 0.265 e. The third-order valence-electron chi connectivity index (χ3n) is 4.68. The molecule has 150 valence electrons. The molecule has 0 aliphatic heterocycles. The molecule has 0 saturated heterocycles. The van der Waals surface area contributed by atoms with Crippen molar-refractivity contribution >= 4 is 22.7 Å². The molecule has 2 N–H and O–H groups in total. The Morgan fingerprint density at radius 1 is 0.967 bits per heavy atom. The van der Waals surface area contributed by atoms with E-state index in [4.69, 9.17) is 4.74 Å². The molecule has 0 aliphatic rings. The SMILES string of the molecule is CCOc1ccc(-n2c(O)c(C=Nc3cccc(O)c3)c3ccccc3c2=O)cc1. The van der Waals surface area contributed by atoms with Crippen LogP contribution in [0.1, 0.15) is 12.5 Å². The fourth-order valence-corrected chi connectivity index (χ4v) is 3.30. The van der Waals surface area contributed by atoms with Crippen LogP contribution in [0.3, 0.4) is 0 Å². The van der Waals surface area contributed by atoms with Crippen molar-refractivity contribution < 1.29 is 14.9 Å². The van der Waals surface area contributed by atoms with Gasteiger partial charge in [0.25, 0.3) is 5.56 Å². The van der Waals surface area contributed by atoms with Gasteiger partial charge < -0.3 is 14.9 Å². The first-order valence-electron chi connectivity index (χ1n) is 9.51. The molecule has 0 aliphatic carbocycles. The van der Waals surface area contributed by atoms with Gasteiger partial charge in [-0.05, 0) is 49.4 Å². The van der Waals surface area contributed by atoms with Crippen LogP contribution in [-0.4, -0.2) is 27.6 Å². The summed E-state index contributed by atoms with van der Waals surface area (Å²) >= 11 is 0. The number of aromatic hydroxyl groups is 2. The van der Waals surface area contributed by atoms with Crippen molar-refractivity contribution in [3.8, 4) is 23.1 Å². The highest BCUT2D eigenvalue weighted by Gasteiger charge is 2.16. The Bertz CT molecular complexity index is 1290. The monoisotopic (exact) mass is 400 g/mol. The molecule has 0 saturated carbocycles.